The van der Waals surface area contributed by atoms with Crippen LogP contribution >= 0.6 is 0 Å². The van der Waals surface area contributed by atoms with Crippen LogP contribution < -0.4 is 0 Å². The van der Waals surface area contributed by atoms with Crippen LogP contribution in [0.25, 0.3) is 0 Å². The van der Waals surface area contributed by atoms with Crippen LogP contribution in [0.15, 0.2) is 11.1 Å². The average molecular weight is 204 g/mol. The standard InChI is InChI=1S/C14H20O/c1-8-5-11-6-10-3-4-12(11)13(7-10)14(15)9(8)2/h10-13H,3-7H2,1-2H3. The van der Waals surface area contributed by atoms with Gasteiger partial charge in [-0.05, 0) is 62.9 Å². The van der Waals surface area contributed by atoms with E-state index in [1.54, 1.807) is 0 Å². The average Bonchev–Trinajstić information content (AvgIpc) is 2.32. The number of carbonyl (C=O) groups is 1. The summed E-state index contributed by atoms with van der Waals surface area (Å²) >= 11 is 0. The topological polar surface area (TPSA) is 17.1 Å². The number of rotatable bonds is 0. The minimum atomic E-state index is 0.403. The molecule has 4 rings (SSSR count). The maximum atomic E-state index is 12.3. The molecule has 0 saturated heterocycles. The largest absolute Gasteiger partial charge is 0.294 e. The van der Waals surface area contributed by atoms with Crippen LogP contribution in [-0.2, 0) is 4.79 Å². The molecule has 4 unspecified atom stereocenters. The molecule has 82 valence electrons. The molecule has 0 heterocycles. The van der Waals surface area contributed by atoms with Crippen LogP contribution in [-0.4, -0.2) is 5.78 Å². The van der Waals surface area contributed by atoms with Gasteiger partial charge in [0.05, 0.1) is 0 Å². The third kappa shape index (κ3) is 1.32. The van der Waals surface area contributed by atoms with Crippen molar-refractivity contribution in [2.24, 2.45) is 23.7 Å². The summed E-state index contributed by atoms with van der Waals surface area (Å²) in [5, 5.41) is 0. The fourth-order valence-electron chi connectivity index (χ4n) is 4.23. The van der Waals surface area contributed by atoms with Crippen LogP contribution in [0.3, 0.4) is 0 Å². The molecule has 0 N–H and O–H groups in total. The third-order valence-electron chi connectivity index (χ3n) is 5.17. The summed E-state index contributed by atoms with van der Waals surface area (Å²) < 4.78 is 0. The van der Waals surface area contributed by atoms with Crippen molar-refractivity contribution in [2.45, 2.75) is 46.0 Å². The highest BCUT2D eigenvalue weighted by molar-refractivity contribution is 5.98. The lowest BCUT2D eigenvalue weighted by Gasteiger charge is -2.46. The van der Waals surface area contributed by atoms with Crippen molar-refractivity contribution in [3.63, 3.8) is 0 Å². The lowest BCUT2D eigenvalue weighted by atomic mass is 9.58. The van der Waals surface area contributed by atoms with Crippen molar-refractivity contribution in [3.05, 3.63) is 11.1 Å². The molecule has 4 atom stereocenters. The first-order valence-electron chi connectivity index (χ1n) is 6.37. The van der Waals surface area contributed by atoms with Gasteiger partial charge >= 0.3 is 0 Å². The summed E-state index contributed by atoms with van der Waals surface area (Å²) in [5.41, 5.74) is 2.47. The van der Waals surface area contributed by atoms with Crippen molar-refractivity contribution >= 4 is 5.78 Å². The minimum absolute atomic E-state index is 0.403. The van der Waals surface area contributed by atoms with E-state index in [0.717, 1.165) is 23.3 Å². The summed E-state index contributed by atoms with van der Waals surface area (Å²) in [6.45, 7) is 4.22. The molecule has 15 heavy (non-hydrogen) atoms. The van der Waals surface area contributed by atoms with Gasteiger partial charge in [-0.3, -0.25) is 4.79 Å². The Hall–Kier alpha value is -0.590. The van der Waals surface area contributed by atoms with Crippen LogP contribution in [0.5, 0.6) is 0 Å². The summed E-state index contributed by atoms with van der Waals surface area (Å²) in [5.74, 6) is 3.33. The van der Waals surface area contributed by atoms with E-state index in [1.165, 1.54) is 37.7 Å². The molecule has 0 radical (unpaired) electrons. The van der Waals surface area contributed by atoms with Gasteiger partial charge in [0.1, 0.15) is 0 Å². The van der Waals surface area contributed by atoms with E-state index in [-0.39, 0.29) is 0 Å². The van der Waals surface area contributed by atoms with Gasteiger partial charge in [0.2, 0.25) is 0 Å². The second-order valence-corrected chi connectivity index (χ2v) is 5.92. The van der Waals surface area contributed by atoms with Crippen LogP contribution in [0.2, 0.25) is 0 Å². The lowest BCUT2D eigenvalue weighted by molar-refractivity contribution is -0.125. The number of hydrogen-bond donors (Lipinski definition) is 0. The van der Waals surface area contributed by atoms with E-state index in [2.05, 4.69) is 6.92 Å². The van der Waals surface area contributed by atoms with E-state index in [9.17, 15) is 4.79 Å². The number of hydrogen-bond acceptors (Lipinski definition) is 1. The first-order chi connectivity index (χ1) is 7.16. The van der Waals surface area contributed by atoms with E-state index < -0.39 is 0 Å². The molecular formula is C14H20O. The normalized spacial score (nSPS) is 44.5. The smallest absolute Gasteiger partial charge is 0.161 e. The molecule has 0 aliphatic heterocycles. The quantitative estimate of drug-likeness (QED) is 0.591. The zero-order valence-corrected chi connectivity index (χ0v) is 9.75. The molecule has 4 bridgehead atoms. The van der Waals surface area contributed by atoms with Gasteiger partial charge in [-0.2, -0.15) is 0 Å². The fourth-order valence-corrected chi connectivity index (χ4v) is 4.23. The highest BCUT2D eigenvalue weighted by Gasteiger charge is 2.46. The van der Waals surface area contributed by atoms with Gasteiger partial charge in [0.15, 0.2) is 5.78 Å². The maximum absolute atomic E-state index is 12.3. The summed E-state index contributed by atoms with van der Waals surface area (Å²) in [7, 11) is 0. The zero-order chi connectivity index (χ0) is 10.6. The Bertz CT molecular complexity index is 339. The maximum Gasteiger partial charge on any atom is 0.161 e. The minimum Gasteiger partial charge on any atom is -0.294 e. The number of Topliss-reactive ketones (excluding diaryl/α,β-unsaturated/α-hetero) is 1. The lowest BCUT2D eigenvalue weighted by Crippen LogP contribution is -2.40. The highest BCUT2D eigenvalue weighted by atomic mass is 16.1. The Kier molecular flexibility index (Phi) is 2.05. The van der Waals surface area contributed by atoms with Crippen LogP contribution in [0.4, 0.5) is 0 Å². The first kappa shape index (κ1) is 9.62. The van der Waals surface area contributed by atoms with Crippen LogP contribution in [0, 0.1) is 23.7 Å². The number of carbonyl (C=O) groups excluding carboxylic acids is 1. The Morgan fingerprint density at radius 1 is 1.13 bits per heavy atom. The molecule has 4 aliphatic rings. The molecule has 1 heteroatoms. The van der Waals surface area contributed by atoms with Crippen molar-refractivity contribution in [1.29, 1.82) is 0 Å². The summed E-state index contributed by atoms with van der Waals surface area (Å²) in [4.78, 5) is 12.3. The van der Waals surface area contributed by atoms with Crippen molar-refractivity contribution in [2.75, 3.05) is 0 Å². The Morgan fingerprint density at radius 3 is 2.67 bits per heavy atom. The SMILES string of the molecule is CC1=C(C)C(=O)C2CC3CCC2C(C1)C3. The monoisotopic (exact) mass is 204 g/mol. The van der Waals surface area contributed by atoms with Gasteiger partial charge in [0, 0.05) is 5.92 Å². The van der Waals surface area contributed by atoms with Gasteiger partial charge < -0.3 is 0 Å². The van der Waals surface area contributed by atoms with E-state index in [0.29, 0.717) is 11.7 Å². The molecule has 3 saturated carbocycles. The van der Waals surface area contributed by atoms with E-state index in [4.69, 9.17) is 0 Å². The predicted octanol–water partition coefficient (Wildman–Crippen LogP) is 3.35. The highest BCUT2D eigenvalue weighted by Crippen LogP contribution is 2.52. The van der Waals surface area contributed by atoms with Gasteiger partial charge in [-0.1, -0.05) is 12.0 Å². The third-order valence-corrected chi connectivity index (χ3v) is 5.17. The molecule has 1 nitrogen and oxygen atoms in total. The number of ketones is 1. The molecule has 0 amide bonds. The number of allylic oxidation sites excluding steroid dienone is 2. The molecule has 0 aromatic carbocycles. The van der Waals surface area contributed by atoms with Crippen molar-refractivity contribution < 1.29 is 4.79 Å². The summed E-state index contributed by atoms with van der Waals surface area (Å²) in [6.07, 6.45) is 6.52. The molecule has 3 fully saturated rings. The Labute approximate surface area is 91.9 Å². The predicted molar refractivity (Wildman–Crippen MR) is 60.4 cm³/mol. The van der Waals surface area contributed by atoms with E-state index in [1.807, 2.05) is 6.92 Å². The second kappa shape index (κ2) is 3.20. The zero-order valence-electron chi connectivity index (χ0n) is 9.75. The number of fused-ring (bicyclic) bond motifs is 1. The molecule has 0 aromatic heterocycles. The fraction of sp³-hybridized carbons (Fsp3) is 0.786. The van der Waals surface area contributed by atoms with Crippen molar-refractivity contribution in [1.82, 2.24) is 0 Å². The van der Waals surface area contributed by atoms with Gasteiger partial charge in [-0.25, -0.2) is 0 Å². The van der Waals surface area contributed by atoms with Gasteiger partial charge in [0.25, 0.3) is 0 Å². The molecule has 4 aliphatic carbocycles. The summed E-state index contributed by atoms with van der Waals surface area (Å²) in [6, 6.07) is 0. The molecular weight excluding hydrogens is 184 g/mol. The van der Waals surface area contributed by atoms with E-state index >= 15 is 0 Å². The van der Waals surface area contributed by atoms with Gasteiger partial charge in [-0.15, -0.1) is 0 Å². The molecule has 0 aromatic rings. The second-order valence-electron chi connectivity index (χ2n) is 5.92. The molecule has 0 spiro atoms. The Morgan fingerprint density at radius 2 is 1.93 bits per heavy atom. The Balaban J connectivity index is 2.01. The first-order valence-corrected chi connectivity index (χ1v) is 6.37. The van der Waals surface area contributed by atoms with Crippen LogP contribution in [0.1, 0.15) is 46.0 Å². The van der Waals surface area contributed by atoms with Crippen molar-refractivity contribution in [3.8, 4) is 0 Å².